The zero-order chi connectivity index (χ0) is 12.1. The highest BCUT2D eigenvalue weighted by molar-refractivity contribution is 9.18. The van der Waals surface area contributed by atoms with Gasteiger partial charge >= 0.3 is 5.97 Å². The molecule has 0 saturated heterocycles. The van der Waals surface area contributed by atoms with Crippen LogP contribution in [0, 0.1) is 0 Å². The number of nitrogens with zero attached hydrogens (tertiary/aromatic N) is 1. The summed E-state index contributed by atoms with van der Waals surface area (Å²) in [5, 5.41) is 4.63. The Kier molecular flexibility index (Phi) is 4.63. The molecular weight excluding hydrogens is 296 g/mol. The summed E-state index contributed by atoms with van der Waals surface area (Å²) in [6.45, 7) is 5.50. The molecule has 7 heteroatoms. The second-order valence-corrected chi connectivity index (χ2v) is 4.21. The maximum atomic E-state index is 11.3. The van der Waals surface area contributed by atoms with Gasteiger partial charge in [-0.3, -0.25) is 4.79 Å². The van der Waals surface area contributed by atoms with Crippen molar-refractivity contribution < 1.29 is 14.3 Å². The number of esters is 1. The van der Waals surface area contributed by atoms with Gasteiger partial charge in [0.1, 0.15) is 0 Å². The quantitative estimate of drug-likeness (QED) is 0.513. The molecule has 0 bridgehead atoms. The van der Waals surface area contributed by atoms with Crippen molar-refractivity contribution in [3.63, 3.8) is 0 Å². The van der Waals surface area contributed by atoms with E-state index < -0.39 is 5.97 Å². The van der Waals surface area contributed by atoms with Gasteiger partial charge in [-0.2, -0.15) is 0 Å². The third-order valence-electron chi connectivity index (χ3n) is 1.48. The van der Waals surface area contributed by atoms with Crippen molar-refractivity contribution in [1.29, 1.82) is 0 Å². The third-order valence-corrected chi connectivity index (χ3v) is 2.72. The van der Waals surface area contributed by atoms with E-state index in [2.05, 4.69) is 32.8 Å². The first kappa shape index (κ1) is 12.9. The van der Waals surface area contributed by atoms with Gasteiger partial charge in [-0.05, 0) is 22.9 Å². The number of thiazole rings is 1. The lowest BCUT2D eigenvalue weighted by molar-refractivity contribution is -0.107. The van der Waals surface area contributed by atoms with Crippen LogP contribution in [-0.4, -0.2) is 22.3 Å². The summed E-state index contributed by atoms with van der Waals surface area (Å²) >= 11 is 3.93. The number of rotatable bonds is 5. The number of hydrogen-bond donors (Lipinski definition) is 1. The van der Waals surface area contributed by atoms with Gasteiger partial charge in [-0.1, -0.05) is 6.58 Å². The number of halogens is 1. The molecule has 0 unspecified atom stereocenters. The average Bonchev–Trinajstić information content (AvgIpc) is 2.66. The molecule has 1 rings (SSSR count). The molecule has 0 amide bonds. The number of carbonyl (C=O) groups excluding carboxylic acids is 2. The second-order valence-electron chi connectivity index (χ2n) is 2.64. The summed E-state index contributed by atoms with van der Waals surface area (Å²) in [7, 11) is 0. The molecule has 0 aliphatic carbocycles. The minimum atomic E-state index is -0.484. The molecule has 0 aliphatic heterocycles. The molecule has 1 N–H and O–H groups in total. The second kappa shape index (κ2) is 5.76. The maximum absolute atomic E-state index is 11.3. The number of anilines is 1. The van der Waals surface area contributed by atoms with Crippen molar-refractivity contribution in [2.24, 2.45) is 0 Å². The number of nitrogens with one attached hydrogen (secondary N) is 1. The van der Waals surface area contributed by atoms with E-state index in [1.807, 2.05) is 0 Å². The van der Waals surface area contributed by atoms with Gasteiger partial charge in [0.05, 0.1) is 12.3 Å². The summed E-state index contributed by atoms with van der Waals surface area (Å²) in [6.07, 6.45) is 0. The molecule has 1 heterocycles. The predicted octanol–water partition coefficient (Wildman–Crippen LogP) is 2.17. The lowest BCUT2D eigenvalue weighted by Gasteiger charge is -2.00. The number of aromatic nitrogens is 1. The highest BCUT2D eigenvalue weighted by Gasteiger charge is 2.12. The predicted molar refractivity (Wildman–Crippen MR) is 64.8 cm³/mol. The Morgan fingerprint density at radius 2 is 2.38 bits per heavy atom. The zero-order valence-corrected chi connectivity index (χ0v) is 10.9. The van der Waals surface area contributed by atoms with Crippen LogP contribution in [0.2, 0.25) is 0 Å². The highest BCUT2D eigenvalue weighted by Crippen LogP contribution is 2.18. The number of hydrogen-bond acceptors (Lipinski definition) is 6. The van der Waals surface area contributed by atoms with Gasteiger partial charge in [-0.15, -0.1) is 11.3 Å². The van der Waals surface area contributed by atoms with Crippen LogP contribution in [0.3, 0.4) is 0 Å². The molecule has 0 saturated carbocycles. The normalized spacial score (nSPS) is 9.62. The Balaban J connectivity index is 2.68. The Bertz CT molecular complexity index is 430. The van der Waals surface area contributed by atoms with E-state index in [-0.39, 0.29) is 16.1 Å². The molecule has 0 aromatic carbocycles. The van der Waals surface area contributed by atoms with Crippen LogP contribution < -0.4 is 5.32 Å². The van der Waals surface area contributed by atoms with E-state index in [1.54, 1.807) is 12.3 Å². The molecule has 0 aliphatic rings. The van der Waals surface area contributed by atoms with Crippen molar-refractivity contribution in [2.45, 2.75) is 6.92 Å². The number of carbonyl (C=O) groups is 2. The summed E-state index contributed by atoms with van der Waals surface area (Å²) in [5.74, 6) is -0.484. The average molecular weight is 305 g/mol. The van der Waals surface area contributed by atoms with Crippen LogP contribution in [0.15, 0.2) is 17.7 Å². The minimum absolute atomic E-state index is 0.157. The van der Waals surface area contributed by atoms with Crippen LogP contribution in [0.5, 0.6) is 0 Å². The zero-order valence-electron chi connectivity index (χ0n) is 8.45. The summed E-state index contributed by atoms with van der Waals surface area (Å²) < 4.78 is 4.41. The molecule has 0 fully saturated rings. The lowest BCUT2D eigenvalue weighted by Crippen LogP contribution is -2.06. The topological polar surface area (TPSA) is 68.3 Å². The standard InChI is InChI=1S/C9H9BrN2O3S/c1-3-15-8(14)6-4-16-9(12-6)11-5(2)7(10)13/h4H,2-3H2,1H3,(H,11,12). The fourth-order valence-corrected chi connectivity index (χ4v) is 1.61. The van der Waals surface area contributed by atoms with E-state index in [1.165, 1.54) is 11.3 Å². The Morgan fingerprint density at radius 3 is 2.94 bits per heavy atom. The molecule has 86 valence electrons. The molecule has 5 nitrogen and oxygen atoms in total. The molecule has 1 aromatic rings. The Hall–Kier alpha value is -1.21. The fraction of sp³-hybridized carbons (Fsp3) is 0.222. The van der Waals surface area contributed by atoms with Crippen molar-refractivity contribution in [2.75, 3.05) is 11.9 Å². The van der Waals surface area contributed by atoms with E-state index in [9.17, 15) is 9.59 Å². The van der Waals surface area contributed by atoms with Crippen LogP contribution in [0.1, 0.15) is 17.4 Å². The van der Waals surface area contributed by atoms with Crippen molar-refractivity contribution >= 4 is 43.1 Å². The monoisotopic (exact) mass is 304 g/mol. The largest absolute Gasteiger partial charge is 0.461 e. The van der Waals surface area contributed by atoms with Crippen molar-refractivity contribution in [1.82, 2.24) is 4.98 Å². The summed E-state index contributed by atoms with van der Waals surface area (Å²) in [5.41, 5.74) is 0.369. The van der Waals surface area contributed by atoms with Gasteiger partial charge in [0, 0.05) is 5.38 Å². The Morgan fingerprint density at radius 1 is 1.69 bits per heavy atom. The fourth-order valence-electron chi connectivity index (χ4n) is 0.808. The first-order chi connectivity index (χ1) is 7.54. The minimum Gasteiger partial charge on any atom is -0.461 e. The summed E-state index contributed by atoms with van der Waals surface area (Å²) in [6, 6.07) is 0. The van der Waals surface area contributed by atoms with Crippen LogP contribution in [0.4, 0.5) is 5.13 Å². The van der Waals surface area contributed by atoms with Gasteiger partial charge in [0.2, 0.25) is 4.69 Å². The smallest absolute Gasteiger partial charge is 0.357 e. The van der Waals surface area contributed by atoms with Gasteiger partial charge in [-0.25, -0.2) is 9.78 Å². The van der Waals surface area contributed by atoms with E-state index in [0.717, 1.165) is 0 Å². The van der Waals surface area contributed by atoms with Crippen molar-refractivity contribution in [3.05, 3.63) is 23.3 Å². The van der Waals surface area contributed by atoms with Gasteiger partial charge in [0.15, 0.2) is 10.8 Å². The van der Waals surface area contributed by atoms with E-state index in [0.29, 0.717) is 11.7 Å². The lowest BCUT2D eigenvalue weighted by atomic mass is 10.5. The maximum Gasteiger partial charge on any atom is 0.357 e. The molecule has 0 radical (unpaired) electrons. The Labute approximate surface area is 105 Å². The van der Waals surface area contributed by atoms with Crippen LogP contribution >= 0.6 is 27.3 Å². The molecule has 16 heavy (non-hydrogen) atoms. The van der Waals surface area contributed by atoms with Gasteiger partial charge < -0.3 is 10.1 Å². The van der Waals surface area contributed by atoms with Crippen LogP contribution in [0.25, 0.3) is 0 Å². The SMILES string of the molecule is C=C(Nc1nc(C(=O)OCC)cs1)C(=O)Br. The molecule has 0 spiro atoms. The number of ether oxygens (including phenoxy) is 1. The molecule has 0 atom stereocenters. The third kappa shape index (κ3) is 3.42. The van der Waals surface area contributed by atoms with Crippen molar-refractivity contribution in [3.8, 4) is 0 Å². The first-order valence-corrected chi connectivity index (χ1v) is 6.00. The van der Waals surface area contributed by atoms with E-state index in [4.69, 9.17) is 4.74 Å². The van der Waals surface area contributed by atoms with Crippen LogP contribution in [-0.2, 0) is 9.53 Å². The molecular formula is C9H9BrN2O3S. The highest BCUT2D eigenvalue weighted by atomic mass is 79.9. The first-order valence-electron chi connectivity index (χ1n) is 4.33. The number of allylic oxidation sites excluding steroid dienone is 1. The molecule has 1 aromatic heterocycles. The van der Waals surface area contributed by atoms with E-state index >= 15 is 0 Å². The van der Waals surface area contributed by atoms with Gasteiger partial charge in [0.25, 0.3) is 0 Å². The summed E-state index contributed by atoms with van der Waals surface area (Å²) in [4.78, 5) is 26.1.